The number of ether oxygens (including phenoxy) is 1. The van der Waals surface area contributed by atoms with Crippen LogP contribution >= 0.6 is 11.3 Å². The zero-order valence-corrected chi connectivity index (χ0v) is 17.7. The number of hydrogen-bond acceptors (Lipinski definition) is 6. The van der Waals surface area contributed by atoms with Crippen LogP contribution in [0.1, 0.15) is 36.4 Å². The molecule has 0 unspecified atom stereocenters. The van der Waals surface area contributed by atoms with Gasteiger partial charge >= 0.3 is 0 Å². The first-order valence-corrected chi connectivity index (χ1v) is 10.5. The van der Waals surface area contributed by atoms with Gasteiger partial charge < -0.3 is 15.0 Å². The molecule has 0 aliphatic carbocycles. The molecule has 0 bridgehead atoms. The fourth-order valence-electron chi connectivity index (χ4n) is 3.33. The SMILES string of the molecule is COc1cccc(NC(=O)c2nc3c(s2)CCN(C(=O)c2ccc(C)nc2)CC3)c1. The van der Waals surface area contributed by atoms with Crippen LogP contribution < -0.4 is 10.1 Å². The molecule has 0 saturated carbocycles. The number of nitrogens with zero attached hydrogens (tertiary/aromatic N) is 3. The smallest absolute Gasteiger partial charge is 0.284 e. The normalized spacial score (nSPS) is 13.3. The number of nitrogens with one attached hydrogen (secondary N) is 1. The molecule has 2 aromatic heterocycles. The average Bonchev–Trinajstić information content (AvgIpc) is 3.07. The van der Waals surface area contributed by atoms with Gasteiger partial charge in [-0.1, -0.05) is 6.07 Å². The van der Waals surface area contributed by atoms with Crippen LogP contribution in [0.25, 0.3) is 0 Å². The van der Waals surface area contributed by atoms with Crippen molar-refractivity contribution in [3.63, 3.8) is 0 Å². The van der Waals surface area contributed by atoms with Crippen molar-refractivity contribution in [2.75, 3.05) is 25.5 Å². The molecule has 154 valence electrons. The van der Waals surface area contributed by atoms with Gasteiger partial charge in [-0.25, -0.2) is 4.98 Å². The molecule has 3 aromatic rings. The average molecular weight is 423 g/mol. The van der Waals surface area contributed by atoms with Gasteiger partial charge in [-0.05, 0) is 31.2 Å². The summed E-state index contributed by atoms with van der Waals surface area (Å²) in [5.41, 5.74) is 3.03. The predicted octanol–water partition coefficient (Wildman–Crippen LogP) is 3.35. The first-order valence-electron chi connectivity index (χ1n) is 9.69. The molecule has 30 heavy (non-hydrogen) atoms. The van der Waals surface area contributed by atoms with E-state index in [9.17, 15) is 9.59 Å². The minimum atomic E-state index is -0.236. The van der Waals surface area contributed by atoms with Gasteiger partial charge in [-0.2, -0.15) is 0 Å². The van der Waals surface area contributed by atoms with E-state index in [1.807, 2.05) is 42.2 Å². The Morgan fingerprint density at radius 1 is 1.17 bits per heavy atom. The molecular weight excluding hydrogens is 400 g/mol. The van der Waals surface area contributed by atoms with E-state index in [1.54, 1.807) is 19.4 Å². The molecule has 4 rings (SSSR count). The molecule has 1 aromatic carbocycles. The number of pyridine rings is 1. The van der Waals surface area contributed by atoms with E-state index < -0.39 is 0 Å². The highest BCUT2D eigenvalue weighted by Crippen LogP contribution is 2.25. The van der Waals surface area contributed by atoms with Gasteiger partial charge in [-0.15, -0.1) is 11.3 Å². The van der Waals surface area contributed by atoms with Gasteiger partial charge in [-0.3, -0.25) is 14.6 Å². The molecule has 0 atom stereocenters. The summed E-state index contributed by atoms with van der Waals surface area (Å²) in [5, 5.41) is 3.30. The van der Waals surface area contributed by atoms with Crippen LogP contribution in [0.2, 0.25) is 0 Å². The summed E-state index contributed by atoms with van der Waals surface area (Å²) in [7, 11) is 1.59. The van der Waals surface area contributed by atoms with Crippen LogP contribution in [0.4, 0.5) is 5.69 Å². The first-order chi connectivity index (χ1) is 14.5. The van der Waals surface area contributed by atoms with Crippen molar-refractivity contribution < 1.29 is 14.3 Å². The molecule has 0 radical (unpaired) electrons. The second kappa shape index (κ2) is 8.62. The zero-order valence-electron chi connectivity index (χ0n) is 16.8. The number of fused-ring (bicyclic) bond motifs is 1. The van der Waals surface area contributed by atoms with Crippen LogP contribution in [0.5, 0.6) is 5.75 Å². The summed E-state index contributed by atoms with van der Waals surface area (Å²) in [5.74, 6) is 0.421. The molecule has 1 aliphatic heterocycles. The van der Waals surface area contributed by atoms with E-state index in [4.69, 9.17) is 4.74 Å². The number of amides is 2. The number of carbonyl (C=O) groups excluding carboxylic acids is 2. The van der Waals surface area contributed by atoms with E-state index in [0.717, 1.165) is 16.3 Å². The number of rotatable bonds is 4. The summed E-state index contributed by atoms with van der Waals surface area (Å²) in [6.45, 7) is 3.06. The maximum absolute atomic E-state index is 12.8. The van der Waals surface area contributed by atoms with Crippen LogP contribution in [0.15, 0.2) is 42.6 Å². The third kappa shape index (κ3) is 4.33. The standard InChI is InChI=1S/C22H22N4O3S/c1-14-6-7-15(13-23-14)22(28)26-10-8-18-19(9-11-26)30-21(25-18)20(27)24-16-4-3-5-17(12-16)29-2/h3-7,12-13H,8-11H2,1-2H3,(H,24,27). The van der Waals surface area contributed by atoms with Crippen molar-refractivity contribution in [3.05, 3.63) is 69.4 Å². The monoisotopic (exact) mass is 422 g/mol. The van der Waals surface area contributed by atoms with Gasteiger partial charge in [0, 0.05) is 54.5 Å². The molecule has 0 fully saturated rings. The number of anilines is 1. The molecule has 0 spiro atoms. The highest BCUT2D eigenvalue weighted by Gasteiger charge is 2.24. The van der Waals surface area contributed by atoms with Gasteiger partial charge in [0.1, 0.15) is 5.75 Å². The number of aryl methyl sites for hydroxylation is 1. The lowest BCUT2D eigenvalue weighted by Crippen LogP contribution is -2.33. The van der Waals surface area contributed by atoms with Gasteiger partial charge in [0.15, 0.2) is 5.01 Å². The maximum atomic E-state index is 12.8. The molecule has 1 N–H and O–H groups in total. The lowest BCUT2D eigenvalue weighted by atomic mass is 10.2. The number of methoxy groups -OCH3 is 1. The number of thiazole rings is 1. The number of carbonyl (C=O) groups is 2. The summed E-state index contributed by atoms with van der Waals surface area (Å²) >= 11 is 1.39. The summed E-state index contributed by atoms with van der Waals surface area (Å²) in [4.78, 5) is 37.0. The molecule has 2 amide bonds. The van der Waals surface area contributed by atoms with Gasteiger partial charge in [0.25, 0.3) is 11.8 Å². The van der Waals surface area contributed by atoms with E-state index in [2.05, 4.69) is 15.3 Å². The second-order valence-corrected chi connectivity index (χ2v) is 8.14. The third-order valence-corrected chi connectivity index (χ3v) is 6.13. The molecule has 7 nitrogen and oxygen atoms in total. The molecule has 1 aliphatic rings. The summed E-state index contributed by atoms with van der Waals surface area (Å²) in [6, 6.07) is 10.9. The fourth-order valence-corrected chi connectivity index (χ4v) is 4.32. The topological polar surface area (TPSA) is 84.4 Å². The number of aromatic nitrogens is 2. The summed E-state index contributed by atoms with van der Waals surface area (Å²) in [6.07, 6.45) is 2.94. The Labute approximate surface area is 178 Å². The minimum absolute atomic E-state index is 0.0198. The minimum Gasteiger partial charge on any atom is -0.497 e. The zero-order chi connectivity index (χ0) is 21.1. The highest BCUT2D eigenvalue weighted by atomic mass is 32.1. The van der Waals surface area contributed by atoms with Crippen LogP contribution in [0, 0.1) is 6.92 Å². The first kappa shape index (κ1) is 20.0. The van der Waals surface area contributed by atoms with Crippen LogP contribution in [0.3, 0.4) is 0 Å². The Morgan fingerprint density at radius 3 is 2.77 bits per heavy atom. The van der Waals surface area contributed by atoms with Crippen LogP contribution in [-0.4, -0.2) is 46.9 Å². The Hall–Kier alpha value is -3.26. The summed E-state index contributed by atoms with van der Waals surface area (Å²) < 4.78 is 5.19. The Kier molecular flexibility index (Phi) is 5.76. The molecule has 8 heteroatoms. The van der Waals surface area contributed by atoms with Crippen molar-refractivity contribution in [2.45, 2.75) is 19.8 Å². The van der Waals surface area contributed by atoms with Gasteiger partial charge in [0.05, 0.1) is 18.4 Å². The lowest BCUT2D eigenvalue weighted by molar-refractivity contribution is 0.0762. The number of hydrogen-bond donors (Lipinski definition) is 1. The fraction of sp³-hybridized carbons (Fsp3) is 0.273. The predicted molar refractivity (Wildman–Crippen MR) is 115 cm³/mol. The lowest BCUT2D eigenvalue weighted by Gasteiger charge is -2.20. The van der Waals surface area contributed by atoms with E-state index in [0.29, 0.717) is 47.9 Å². The van der Waals surface area contributed by atoms with Crippen molar-refractivity contribution in [3.8, 4) is 5.75 Å². The van der Waals surface area contributed by atoms with E-state index in [1.165, 1.54) is 11.3 Å². The largest absolute Gasteiger partial charge is 0.497 e. The Balaban J connectivity index is 1.42. The molecule has 0 saturated heterocycles. The Bertz CT molecular complexity index is 1050. The van der Waals surface area contributed by atoms with Crippen molar-refractivity contribution in [2.24, 2.45) is 0 Å². The third-order valence-electron chi connectivity index (χ3n) is 4.97. The van der Waals surface area contributed by atoms with Gasteiger partial charge in [0.2, 0.25) is 0 Å². The quantitative estimate of drug-likeness (QED) is 0.697. The Morgan fingerprint density at radius 2 is 2.00 bits per heavy atom. The van der Waals surface area contributed by atoms with Crippen molar-refractivity contribution >= 4 is 28.8 Å². The molecular formula is C22H22N4O3S. The van der Waals surface area contributed by atoms with Crippen LogP contribution in [-0.2, 0) is 12.8 Å². The van der Waals surface area contributed by atoms with Crippen molar-refractivity contribution in [1.82, 2.24) is 14.9 Å². The second-order valence-electron chi connectivity index (χ2n) is 7.06. The number of benzene rings is 1. The van der Waals surface area contributed by atoms with E-state index >= 15 is 0 Å². The van der Waals surface area contributed by atoms with Crippen molar-refractivity contribution in [1.29, 1.82) is 0 Å². The highest BCUT2D eigenvalue weighted by molar-refractivity contribution is 7.13. The maximum Gasteiger partial charge on any atom is 0.284 e. The van der Waals surface area contributed by atoms with E-state index in [-0.39, 0.29) is 11.8 Å². The molecule has 3 heterocycles.